The van der Waals surface area contributed by atoms with E-state index < -0.39 is 43.1 Å². The molecule has 7 nitrogen and oxygen atoms in total. The van der Waals surface area contributed by atoms with Crippen molar-refractivity contribution in [3.63, 3.8) is 0 Å². The van der Waals surface area contributed by atoms with Gasteiger partial charge in [-0.05, 0) is 17.7 Å². The molecular formula is C13H16O7. The summed E-state index contributed by atoms with van der Waals surface area (Å²) < 4.78 is 5.35. The molecule has 0 aliphatic carbocycles. The molecule has 1 aliphatic heterocycles. The summed E-state index contributed by atoms with van der Waals surface area (Å²) in [6.07, 6.45) is -6.39. The first-order valence-electron chi connectivity index (χ1n) is 6.09. The number of aromatic carboxylic acids is 1. The van der Waals surface area contributed by atoms with E-state index in [1.54, 1.807) is 6.07 Å². The van der Waals surface area contributed by atoms with Crippen LogP contribution in [0.4, 0.5) is 0 Å². The predicted octanol–water partition coefficient (Wildman–Crippen LogP) is -1.10. The lowest BCUT2D eigenvalue weighted by Crippen LogP contribution is -2.55. The molecule has 1 fully saturated rings. The lowest BCUT2D eigenvalue weighted by Gasteiger charge is -2.40. The maximum absolute atomic E-state index is 10.9. The van der Waals surface area contributed by atoms with E-state index in [0.29, 0.717) is 5.56 Å². The van der Waals surface area contributed by atoms with Gasteiger partial charge >= 0.3 is 5.97 Å². The number of carboxylic acid groups (broad SMARTS) is 1. The average Bonchev–Trinajstić information content (AvgIpc) is 2.45. The summed E-state index contributed by atoms with van der Waals surface area (Å²) in [6.45, 7) is -0.528. The van der Waals surface area contributed by atoms with Crippen molar-refractivity contribution in [2.75, 3.05) is 6.61 Å². The number of hydrogen-bond donors (Lipinski definition) is 5. The van der Waals surface area contributed by atoms with Gasteiger partial charge in [0.15, 0.2) is 0 Å². The second-order valence-electron chi connectivity index (χ2n) is 4.68. The topological polar surface area (TPSA) is 127 Å². The van der Waals surface area contributed by atoms with E-state index >= 15 is 0 Å². The van der Waals surface area contributed by atoms with Gasteiger partial charge in [-0.3, -0.25) is 0 Å². The Hall–Kier alpha value is -1.51. The molecule has 0 aromatic heterocycles. The van der Waals surface area contributed by atoms with Crippen molar-refractivity contribution in [3.8, 4) is 0 Å². The molecule has 0 amide bonds. The fourth-order valence-electron chi connectivity index (χ4n) is 2.23. The summed E-state index contributed by atoms with van der Waals surface area (Å²) in [5.74, 6) is -1.13. The van der Waals surface area contributed by atoms with Gasteiger partial charge in [0.25, 0.3) is 0 Å². The number of benzene rings is 1. The van der Waals surface area contributed by atoms with Gasteiger partial charge in [-0.25, -0.2) is 4.79 Å². The molecule has 5 N–H and O–H groups in total. The van der Waals surface area contributed by atoms with Crippen molar-refractivity contribution < 1.29 is 35.1 Å². The van der Waals surface area contributed by atoms with E-state index in [4.69, 9.17) is 14.9 Å². The van der Waals surface area contributed by atoms with Gasteiger partial charge in [-0.15, -0.1) is 0 Å². The summed E-state index contributed by atoms with van der Waals surface area (Å²) in [6, 6.07) is 5.73. The van der Waals surface area contributed by atoms with Crippen LogP contribution in [0.25, 0.3) is 0 Å². The summed E-state index contributed by atoms with van der Waals surface area (Å²) in [5.41, 5.74) is 0.362. The fourth-order valence-corrected chi connectivity index (χ4v) is 2.23. The fraction of sp³-hybridized carbons (Fsp3) is 0.462. The number of aliphatic hydroxyl groups is 4. The molecule has 0 saturated carbocycles. The Morgan fingerprint density at radius 1 is 1.15 bits per heavy atom. The minimum atomic E-state index is -1.49. The Kier molecular flexibility index (Phi) is 4.36. The van der Waals surface area contributed by atoms with E-state index in [0.717, 1.165) is 0 Å². The summed E-state index contributed by atoms with van der Waals surface area (Å²) >= 11 is 0. The van der Waals surface area contributed by atoms with Crippen molar-refractivity contribution >= 4 is 5.97 Å². The highest BCUT2D eigenvalue weighted by Gasteiger charge is 2.43. The van der Waals surface area contributed by atoms with E-state index in [2.05, 4.69) is 0 Å². The summed E-state index contributed by atoms with van der Waals surface area (Å²) in [5, 5.41) is 47.4. The lowest BCUT2D eigenvalue weighted by atomic mass is 9.91. The average molecular weight is 284 g/mol. The van der Waals surface area contributed by atoms with E-state index in [-0.39, 0.29) is 5.56 Å². The quantitative estimate of drug-likeness (QED) is 0.476. The first kappa shape index (κ1) is 14.9. The highest BCUT2D eigenvalue weighted by atomic mass is 16.5. The Morgan fingerprint density at radius 3 is 2.45 bits per heavy atom. The van der Waals surface area contributed by atoms with Crippen LogP contribution >= 0.6 is 0 Å². The molecule has 0 spiro atoms. The highest BCUT2D eigenvalue weighted by Crippen LogP contribution is 2.32. The Morgan fingerprint density at radius 2 is 1.85 bits per heavy atom. The third kappa shape index (κ3) is 2.67. The molecule has 110 valence electrons. The van der Waals surface area contributed by atoms with Crippen molar-refractivity contribution in [2.45, 2.75) is 30.5 Å². The number of rotatable bonds is 3. The molecule has 0 radical (unpaired) electrons. The van der Waals surface area contributed by atoms with Crippen LogP contribution in [0.5, 0.6) is 0 Å². The standard InChI is InChI=1S/C13H16O7/c14-5-8-9(15)10(16)11(17)12(20-8)6-2-1-3-7(4-6)13(18)19/h1-4,8-12,14-17H,5H2,(H,18,19)/t8-,9-,10+,11+,12?/m1/s1. The maximum Gasteiger partial charge on any atom is 0.335 e. The number of hydrogen-bond acceptors (Lipinski definition) is 6. The minimum Gasteiger partial charge on any atom is -0.478 e. The second kappa shape index (κ2) is 5.86. The Balaban J connectivity index is 2.31. The molecule has 5 atom stereocenters. The van der Waals surface area contributed by atoms with Crippen molar-refractivity contribution in [1.82, 2.24) is 0 Å². The molecule has 1 heterocycles. The van der Waals surface area contributed by atoms with Crippen LogP contribution in [0.3, 0.4) is 0 Å². The molecule has 1 aliphatic rings. The third-order valence-corrected chi connectivity index (χ3v) is 3.35. The minimum absolute atomic E-state index is 0.0134. The van der Waals surface area contributed by atoms with Gasteiger partial charge < -0.3 is 30.3 Å². The van der Waals surface area contributed by atoms with Gasteiger partial charge in [0.05, 0.1) is 12.2 Å². The largest absolute Gasteiger partial charge is 0.478 e. The normalized spacial score (nSPS) is 33.9. The van der Waals surface area contributed by atoms with Gasteiger partial charge in [-0.2, -0.15) is 0 Å². The number of carboxylic acids is 1. The lowest BCUT2D eigenvalue weighted by molar-refractivity contribution is -0.231. The zero-order valence-corrected chi connectivity index (χ0v) is 10.5. The van der Waals surface area contributed by atoms with Crippen LogP contribution in [0, 0.1) is 0 Å². The first-order valence-corrected chi connectivity index (χ1v) is 6.09. The molecule has 1 aromatic carbocycles. The molecular weight excluding hydrogens is 268 g/mol. The summed E-state index contributed by atoms with van der Waals surface area (Å²) in [4.78, 5) is 10.9. The smallest absolute Gasteiger partial charge is 0.335 e. The molecule has 1 saturated heterocycles. The van der Waals surface area contributed by atoms with Crippen molar-refractivity contribution in [3.05, 3.63) is 35.4 Å². The monoisotopic (exact) mass is 284 g/mol. The van der Waals surface area contributed by atoms with Gasteiger partial charge in [0.1, 0.15) is 30.5 Å². The molecule has 7 heteroatoms. The van der Waals surface area contributed by atoms with E-state index in [1.807, 2.05) is 0 Å². The number of ether oxygens (including phenoxy) is 1. The summed E-state index contributed by atoms with van der Waals surface area (Å²) in [7, 11) is 0. The third-order valence-electron chi connectivity index (χ3n) is 3.35. The Bertz CT molecular complexity index is 487. The number of aliphatic hydroxyl groups excluding tert-OH is 4. The molecule has 1 unspecified atom stereocenters. The van der Waals surface area contributed by atoms with Gasteiger partial charge in [0.2, 0.25) is 0 Å². The van der Waals surface area contributed by atoms with Crippen LogP contribution in [0.15, 0.2) is 24.3 Å². The predicted molar refractivity (Wildman–Crippen MR) is 66.1 cm³/mol. The van der Waals surface area contributed by atoms with Crippen LogP contribution in [-0.2, 0) is 4.74 Å². The second-order valence-corrected chi connectivity index (χ2v) is 4.68. The van der Waals surface area contributed by atoms with Crippen LogP contribution in [0.1, 0.15) is 22.0 Å². The van der Waals surface area contributed by atoms with Crippen LogP contribution < -0.4 is 0 Å². The van der Waals surface area contributed by atoms with E-state index in [9.17, 15) is 20.1 Å². The van der Waals surface area contributed by atoms with Crippen LogP contribution in [0.2, 0.25) is 0 Å². The molecule has 0 bridgehead atoms. The van der Waals surface area contributed by atoms with Crippen molar-refractivity contribution in [1.29, 1.82) is 0 Å². The molecule has 20 heavy (non-hydrogen) atoms. The van der Waals surface area contributed by atoms with Gasteiger partial charge in [-0.1, -0.05) is 12.1 Å². The SMILES string of the molecule is O=C(O)c1cccc(C2O[C@H](CO)[C@@H](O)[C@H](O)[C@@H]2O)c1. The molecule has 2 rings (SSSR count). The molecule has 1 aromatic rings. The highest BCUT2D eigenvalue weighted by molar-refractivity contribution is 5.87. The first-order chi connectivity index (χ1) is 9.45. The zero-order valence-electron chi connectivity index (χ0n) is 10.5. The zero-order chi connectivity index (χ0) is 14.9. The van der Waals surface area contributed by atoms with Crippen LogP contribution in [-0.4, -0.2) is 62.5 Å². The maximum atomic E-state index is 10.9. The Labute approximate surface area is 114 Å². The van der Waals surface area contributed by atoms with Crippen molar-refractivity contribution in [2.24, 2.45) is 0 Å². The number of carbonyl (C=O) groups is 1. The van der Waals surface area contributed by atoms with E-state index in [1.165, 1.54) is 18.2 Å². The van der Waals surface area contributed by atoms with Gasteiger partial charge in [0, 0.05) is 0 Å².